The molecule has 156 valence electrons. The average molecular weight is 429 g/mol. The maximum absolute atomic E-state index is 12.6. The van der Waals surface area contributed by atoms with E-state index in [0.717, 1.165) is 10.2 Å². The Morgan fingerprint density at radius 3 is 2.50 bits per heavy atom. The van der Waals surface area contributed by atoms with E-state index < -0.39 is 16.8 Å². The lowest BCUT2D eigenvalue weighted by Gasteiger charge is -2.06. The van der Waals surface area contributed by atoms with Gasteiger partial charge >= 0.3 is 5.97 Å². The number of rotatable bonds is 7. The molecule has 0 aliphatic heterocycles. The van der Waals surface area contributed by atoms with E-state index in [0.29, 0.717) is 30.1 Å². The molecule has 0 N–H and O–H groups in total. The van der Waals surface area contributed by atoms with Crippen molar-refractivity contribution < 1.29 is 24.0 Å². The van der Waals surface area contributed by atoms with Gasteiger partial charge in [-0.05, 0) is 37.3 Å². The van der Waals surface area contributed by atoms with Crippen LogP contribution in [0.2, 0.25) is 0 Å². The molecule has 1 amide bonds. The number of hydrogen-bond donors (Lipinski definition) is 0. The Balaban J connectivity index is 2.04. The van der Waals surface area contributed by atoms with E-state index in [4.69, 9.17) is 9.47 Å². The summed E-state index contributed by atoms with van der Waals surface area (Å²) in [6.07, 6.45) is 0. The molecule has 0 atom stereocenters. The van der Waals surface area contributed by atoms with Gasteiger partial charge in [0.2, 0.25) is 0 Å². The minimum absolute atomic E-state index is 0.101. The van der Waals surface area contributed by atoms with Crippen molar-refractivity contribution in [2.24, 2.45) is 4.99 Å². The van der Waals surface area contributed by atoms with Gasteiger partial charge in [-0.2, -0.15) is 4.99 Å². The highest BCUT2D eigenvalue weighted by Gasteiger charge is 2.13. The van der Waals surface area contributed by atoms with Crippen LogP contribution in [0, 0.1) is 10.1 Å². The van der Waals surface area contributed by atoms with Crippen LogP contribution in [0.4, 0.5) is 5.69 Å². The predicted octanol–water partition coefficient (Wildman–Crippen LogP) is 3.18. The summed E-state index contributed by atoms with van der Waals surface area (Å²) in [5, 5.41) is 10.8. The lowest BCUT2D eigenvalue weighted by molar-refractivity contribution is -0.384. The van der Waals surface area contributed by atoms with Crippen LogP contribution in [-0.2, 0) is 16.0 Å². The lowest BCUT2D eigenvalue weighted by Crippen LogP contribution is -2.19. The molecule has 10 heteroatoms. The number of thiazole rings is 1. The first-order valence-corrected chi connectivity index (χ1v) is 9.89. The molecule has 0 radical (unpaired) electrons. The molecule has 0 spiro atoms. The zero-order chi connectivity index (χ0) is 21.7. The smallest absolute Gasteiger partial charge is 0.337 e. The first-order chi connectivity index (χ1) is 14.4. The molecule has 0 fully saturated rings. The number of aromatic nitrogens is 1. The third kappa shape index (κ3) is 4.61. The second-order valence-electron chi connectivity index (χ2n) is 6.13. The molecule has 1 aromatic heterocycles. The van der Waals surface area contributed by atoms with Gasteiger partial charge in [0.1, 0.15) is 0 Å². The van der Waals surface area contributed by atoms with Crippen LogP contribution in [0.5, 0.6) is 0 Å². The predicted molar refractivity (Wildman–Crippen MR) is 111 cm³/mol. The molecule has 30 heavy (non-hydrogen) atoms. The summed E-state index contributed by atoms with van der Waals surface area (Å²) in [6, 6.07) is 10.4. The van der Waals surface area contributed by atoms with Crippen molar-refractivity contribution in [3.05, 3.63) is 68.5 Å². The number of methoxy groups -OCH3 is 1. The number of nitro benzene ring substituents is 1. The van der Waals surface area contributed by atoms with Gasteiger partial charge in [0.05, 0.1) is 34.4 Å². The Morgan fingerprint density at radius 2 is 1.87 bits per heavy atom. The highest BCUT2D eigenvalue weighted by molar-refractivity contribution is 7.16. The summed E-state index contributed by atoms with van der Waals surface area (Å²) in [4.78, 5) is 39.4. The number of fused-ring (bicyclic) bond motifs is 1. The fourth-order valence-electron chi connectivity index (χ4n) is 2.80. The molecule has 0 unspecified atom stereocenters. The maximum Gasteiger partial charge on any atom is 0.337 e. The molecular formula is C20H19N3O6S. The van der Waals surface area contributed by atoms with Crippen LogP contribution in [0.3, 0.4) is 0 Å². The van der Waals surface area contributed by atoms with Crippen molar-refractivity contribution in [2.45, 2.75) is 13.5 Å². The molecule has 0 saturated heterocycles. The first kappa shape index (κ1) is 21.3. The summed E-state index contributed by atoms with van der Waals surface area (Å²) < 4.78 is 12.8. The van der Waals surface area contributed by atoms with E-state index >= 15 is 0 Å². The first-order valence-electron chi connectivity index (χ1n) is 9.07. The lowest BCUT2D eigenvalue weighted by atomic mass is 10.2. The topological polar surface area (TPSA) is 113 Å². The van der Waals surface area contributed by atoms with Crippen molar-refractivity contribution in [2.75, 3.05) is 20.3 Å². The monoisotopic (exact) mass is 429 g/mol. The molecule has 0 aliphatic rings. The standard InChI is InChI=1S/C20H19N3O6S/c1-3-29-11-10-22-16-9-6-14(19(25)28-2)12-17(16)30-20(22)21-18(24)13-4-7-15(8-5-13)23(26)27/h4-9,12H,3,10-11H2,1-2H3. The number of ether oxygens (including phenoxy) is 2. The number of nitro groups is 1. The normalized spacial score (nSPS) is 11.6. The van der Waals surface area contributed by atoms with Crippen molar-refractivity contribution in [3.8, 4) is 0 Å². The number of hydrogen-bond acceptors (Lipinski definition) is 7. The Kier molecular flexibility index (Phi) is 6.70. The zero-order valence-electron chi connectivity index (χ0n) is 16.4. The highest BCUT2D eigenvalue weighted by Crippen LogP contribution is 2.20. The van der Waals surface area contributed by atoms with E-state index in [2.05, 4.69) is 4.99 Å². The third-order valence-electron chi connectivity index (χ3n) is 4.29. The zero-order valence-corrected chi connectivity index (χ0v) is 17.2. The van der Waals surface area contributed by atoms with Gasteiger partial charge in [-0.15, -0.1) is 0 Å². The number of carbonyl (C=O) groups excluding carboxylic acids is 2. The Labute approximate surface area is 175 Å². The van der Waals surface area contributed by atoms with E-state index in [1.807, 2.05) is 11.5 Å². The van der Waals surface area contributed by atoms with Crippen LogP contribution in [0.25, 0.3) is 10.2 Å². The van der Waals surface area contributed by atoms with Gasteiger partial charge in [-0.1, -0.05) is 11.3 Å². The van der Waals surface area contributed by atoms with Gasteiger partial charge in [-0.25, -0.2) is 4.79 Å². The van der Waals surface area contributed by atoms with Crippen molar-refractivity contribution in [3.63, 3.8) is 0 Å². The van der Waals surface area contributed by atoms with Crippen LogP contribution in [0.1, 0.15) is 27.6 Å². The van der Waals surface area contributed by atoms with Gasteiger partial charge < -0.3 is 14.0 Å². The molecule has 2 aromatic carbocycles. The second kappa shape index (κ2) is 9.42. The second-order valence-corrected chi connectivity index (χ2v) is 7.14. The van der Waals surface area contributed by atoms with Crippen LogP contribution in [0.15, 0.2) is 47.5 Å². The Bertz CT molecular complexity index is 1160. The van der Waals surface area contributed by atoms with Gasteiger partial charge in [0.15, 0.2) is 4.80 Å². The molecule has 3 aromatic rings. The fourth-order valence-corrected chi connectivity index (χ4v) is 3.89. The summed E-state index contributed by atoms with van der Waals surface area (Å²) in [6.45, 7) is 3.35. The minimum atomic E-state index is -0.530. The Morgan fingerprint density at radius 1 is 1.17 bits per heavy atom. The molecule has 9 nitrogen and oxygen atoms in total. The molecule has 0 bridgehead atoms. The van der Waals surface area contributed by atoms with Crippen LogP contribution >= 0.6 is 11.3 Å². The number of esters is 1. The van der Waals surface area contributed by atoms with E-state index in [9.17, 15) is 19.7 Å². The van der Waals surface area contributed by atoms with Crippen molar-refractivity contribution >= 4 is 39.1 Å². The van der Waals surface area contributed by atoms with E-state index in [1.54, 1.807) is 18.2 Å². The molecule has 0 saturated carbocycles. The largest absolute Gasteiger partial charge is 0.465 e. The molecular weight excluding hydrogens is 410 g/mol. The molecule has 1 heterocycles. The molecule has 0 aliphatic carbocycles. The van der Waals surface area contributed by atoms with E-state index in [1.165, 1.54) is 42.7 Å². The van der Waals surface area contributed by atoms with Crippen LogP contribution < -0.4 is 4.80 Å². The Hall–Kier alpha value is -3.37. The van der Waals surface area contributed by atoms with E-state index in [-0.39, 0.29) is 11.3 Å². The van der Waals surface area contributed by atoms with Gasteiger partial charge in [0, 0.05) is 30.8 Å². The highest BCUT2D eigenvalue weighted by atomic mass is 32.1. The SMILES string of the molecule is CCOCCn1c(=NC(=O)c2ccc([N+](=O)[O-])cc2)sc2cc(C(=O)OC)ccc21. The van der Waals surface area contributed by atoms with Crippen LogP contribution in [-0.4, -0.2) is 41.7 Å². The average Bonchev–Trinajstić information content (AvgIpc) is 3.09. The quantitative estimate of drug-likeness (QED) is 0.247. The number of non-ortho nitro benzene ring substituents is 1. The maximum atomic E-state index is 12.6. The number of benzene rings is 2. The van der Waals surface area contributed by atoms with Gasteiger partial charge in [0.25, 0.3) is 11.6 Å². The third-order valence-corrected chi connectivity index (χ3v) is 5.33. The van der Waals surface area contributed by atoms with Gasteiger partial charge in [-0.3, -0.25) is 14.9 Å². The van der Waals surface area contributed by atoms with Crippen molar-refractivity contribution in [1.82, 2.24) is 4.57 Å². The summed E-state index contributed by atoms with van der Waals surface area (Å²) in [5.74, 6) is -0.971. The summed E-state index contributed by atoms with van der Waals surface area (Å²) in [5.41, 5.74) is 1.35. The fraction of sp³-hybridized carbons (Fsp3) is 0.250. The number of amides is 1. The number of nitrogens with zero attached hydrogens (tertiary/aromatic N) is 3. The minimum Gasteiger partial charge on any atom is -0.465 e. The summed E-state index contributed by atoms with van der Waals surface area (Å²) in [7, 11) is 1.31. The summed E-state index contributed by atoms with van der Waals surface area (Å²) >= 11 is 1.26. The molecule has 3 rings (SSSR count). The number of carbonyl (C=O) groups is 2. The van der Waals surface area contributed by atoms with Crippen molar-refractivity contribution in [1.29, 1.82) is 0 Å².